The van der Waals surface area contributed by atoms with Gasteiger partial charge in [0.15, 0.2) is 0 Å². The third-order valence-corrected chi connectivity index (χ3v) is 4.71. The van der Waals surface area contributed by atoms with Crippen LogP contribution in [-0.4, -0.2) is 43.5 Å². The van der Waals surface area contributed by atoms with Gasteiger partial charge in [-0.1, -0.05) is 60.1 Å². The van der Waals surface area contributed by atoms with Crippen LogP contribution in [0.4, 0.5) is 0 Å². The number of halogens is 1. The zero-order valence-corrected chi connectivity index (χ0v) is 14.4. The number of piperazine rings is 1. The fourth-order valence-electron chi connectivity index (χ4n) is 2.96. The molecule has 3 nitrogen and oxygen atoms in total. The van der Waals surface area contributed by atoms with E-state index >= 15 is 0 Å². The highest BCUT2D eigenvalue weighted by atomic mass is 35.5. The molecule has 0 radical (unpaired) electrons. The molecule has 2 aromatic rings. The van der Waals surface area contributed by atoms with Crippen molar-refractivity contribution in [1.82, 2.24) is 4.90 Å². The lowest BCUT2D eigenvalue weighted by Crippen LogP contribution is -3.14. The lowest BCUT2D eigenvalue weighted by Gasteiger charge is -2.32. The molecule has 0 spiro atoms. The Balaban J connectivity index is 1.50. The molecule has 4 heteroatoms. The molecule has 0 aliphatic carbocycles. The maximum atomic E-state index is 12.5. The van der Waals surface area contributed by atoms with Crippen molar-refractivity contribution in [2.75, 3.05) is 32.7 Å². The fourth-order valence-corrected chi connectivity index (χ4v) is 3.18. The van der Waals surface area contributed by atoms with E-state index in [2.05, 4.69) is 24.3 Å². The van der Waals surface area contributed by atoms with Crippen LogP contribution in [-0.2, 0) is 0 Å². The van der Waals surface area contributed by atoms with Crippen molar-refractivity contribution in [2.24, 2.45) is 0 Å². The van der Waals surface area contributed by atoms with Crippen LogP contribution in [0.1, 0.15) is 15.9 Å². The Labute approximate surface area is 148 Å². The summed E-state index contributed by atoms with van der Waals surface area (Å²) in [6, 6.07) is 17.6. The van der Waals surface area contributed by atoms with E-state index in [4.69, 9.17) is 11.6 Å². The predicted molar refractivity (Wildman–Crippen MR) is 98.4 cm³/mol. The first-order valence-corrected chi connectivity index (χ1v) is 8.71. The number of amides is 1. The van der Waals surface area contributed by atoms with E-state index in [0.717, 1.165) is 32.7 Å². The molecule has 1 aliphatic heterocycles. The summed E-state index contributed by atoms with van der Waals surface area (Å²) in [5, 5.41) is 0.531. The van der Waals surface area contributed by atoms with Gasteiger partial charge < -0.3 is 9.80 Å². The van der Waals surface area contributed by atoms with E-state index in [1.807, 2.05) is 35.2 Å². The van der Waals surface area contributed by atoms with Crippen LogP contribution in [0.25, 0.3) is 6.08 Å². The first-order valence-electron chi connectivity index (χ1n) is 8.33. The zero-order valence-electron chi connectivity index (χ0n) is 13.6. The van der Waals surface area contributed by atoms with Gasteiger partial charge in [-0.15, -0.1) is 0 Å². The molecule has 1 amide bonds. The third-order valence-electron chi connectivity index (χ3n) is 4.38. The van der Waals surface area contributed by atoms with Crippen molar-refractivity contribution in [2.45, 2.75) is 0 Å². The number of carbonyl (C=O) groups is 1. The molecular weight excluding hydrogens is 320 g/mol. The average Bonchev–Trinajstić information content (AvgIpc) is 2.63. The third kappa shape index (κ3) is 4.25. The van der Waals surface area contributed by atoms with Crippen LogP contribution in [0.15, 0.2) is 60.7 Å². The highest BCUT2D eigenvalue weighted by molar-refractivity contribution is 6.33. The van der Waals surface area contributed by atoms with Gasteiger partial charge in [0.05, 0.1) is 43.3 Å². The van der Waals surface area contributed by atoms with Crippen LogP contribution in [0.3, 0.4) is 0 Å². The second-order valence-corrected chi connectivity index (χ2v) is 6.45. The van der Waals surface area contributed by atoms with Gasteiger partial charge in [0, 0.05) is 0 Å². The van der Waals surface area contributed by atoms with Gasteiger partial charge in [0.2, 0.25) is 0 Å². The molecule has 1 N–H and O–H groups in total. The minimum atomic E-state index is 0.0412. The van der Waals surface area contributed by atoms with Crippen molar-refractivity contribution in [3.63, 3.8) is 0 Å². The minimum Gasteiger partial charge on any atom is -0.329 e. The van der Waals surface area contributed by atoms with Crippen molar-refractivity contribution in [3.05, 3.63) is 76.8 Å². The lowest BCUT2D eigenvalue weighted by molar-refractivity contribution is -0.898. The highest BCUT2D eigenvalue weighted by Crippen LogP contribution is 2.17. The van der Waals surface area contributed by atoms with Crippen LogP contribution in [0.2, 0.25) is 5.02 Å². The summed E-state index contributed by atoms with van der Waals surface area (Å²) in [6.07, 6.45) is 4.38. The molecule has 0 atom stereocenters. The summed E-state index contributed by atoms with van der Waals surface area (Å²) >= 11 is 6.13. The maximum absolute atomic E-state index is 12.5. The number of nitrogens with zero attached hydrogens (tertiary/aromatic N) is 1. The zero-order chi connectivity index (χ0) is 16.8. The number of rotatable bonds is 4. The normalized spacial score (nSPS) is 15.8. The van der Waals surface area contributed by atoms with Crippen LogP contribution >= 0.6 is 11.6 Å². The molecule has 1 heterocycles. The second kappa shape index (κ2) is 8.13. The van der Waals surface area contributed by atoms with Gasteiger partial charge in [-0.3, -0.25) is 4.79 Å². The quantitative estimate of drug-likeness (QED) is 0.907. The topological polar surface area (TPSA) is 24.8 Å². The summed E-state index contributed by atoms with van der Waals surface area (Å²) in [5.74, 6) is 0.0412. The van der Waals surface area contributed by atoms with Gasteiger partial charge in [-0.05, 0) is 23.8 Å². The fraction of sp³-hybridized carbons (Fsp3) is 0.250. The Bertz CT molecular complexity index is 707. The first kappa shape index (κ1) is 16.7. The average molecular weight is 342 g/mol. The molecule has 3 rings (SSSR count). The summed E-state index contributed by atoms with van der Waals surface area (Å²) in [6.45, 7) is 4.48. The van der Waals surface area contributed by atoms with Crippen molar-refractivity contribution in [3.8, 4) is 0 Å². The SMILES string of the molecule is O=C(c1ccccc1Cl)N1CC[NH+](C/C=C/c2ccccc2)CC1. The van der Waals surface area contributed by atoms with Crippen molar-refractivity contribution >= 4 is 23.6 Å². The van der Waals surface area contributed by atoms with Gasteiger partial charge >= 0.3 is 0 Å². The number of hydrogen-bond acceptors (Lipinski definition) is 1. The molecule has 0 aromatic heterocycles. The van der Waals surface area contributed by atoms with Crippen LogP contribution < -0.4 is 4.90 Å². The van der Waals surface area contributed by atoms with Gasteiger partial charge in [0.25, 0.3) is 5.91 Å². The molecule has 1 fully saturated rings. The summed E-state index contributed by atoms with van der Waals surface area (Å²) in [4.78, 5) is 16.0. The predicted octanol–water partition coefficient (Wildman–Crippen LogP) is 2.39. The summed E-state index contributed by atoms with van der Waals surface area (Å²) in [7, 11) is 0. The molecule has 124 valence electrons. The maximum Gasteiger partial charge on any atom is 0.255 e. The number of quaternary nitrogens is 1. The summed E-state index contributed by atoms with van der Waals surface area (Å²) in [5.41, 5.74) is 1.83. The summed E-state index contributed by atoms with van der Waals surface area (Å²) < 4.78 is 0. The number of hydrogen-bond donors (Lipinski definition) is 1. The minimum absolute atomic E-state index is 0.0412. The highest BCUT2D eigenvalue weighted by Gasteiger charge is 2.24. The Morgan fingerprint density at radius 3 is 2.42 bits per heavy atom. The Morgan fingerprint density at radius 2 is 1.71 bits per heavy atom. The van der Waals surface area contributed by atoms with E-state index in [9.17, 15) is 4.79 Å². The second-order valence-electron chi connectivity index (χ2n) is 6.04. The van der Waals surface area contributed by atoms with Gasteiger partial charge in [-0.25, -0.2) is 0 Å². The molecule has 0 bridgehead atoms. The largest absolute Gasteiger partial charge is 0.329 e. The lowest BCUT2D eigenvalue weighted by atomic mass is 10.1. The Kier molecular flexibility index (Phi) is 5.68. The molecular formula is C20H22ClN2O+. The van der Waals surface area contributed by atoms with Crippen molar-refractivity contribution < 1.29 is 9.69 Å². The van der Waals surface area contributed by atoms with Gasteiger partial charge in [-0.2, -0.15) is 0 Å². The van der Waals surface area contributed by atoms with E-state index in [1.165, 1.54) is 10.5 Å². The molecule has 24 heavy (non-hydrogen) atoms. The van der Waals surface area contributed by atoms with Crippen LogP contribution in [0, 0.1) is 0 Å². The molecule has 0 unspecified atom stereocenters. The van der Waals surface area contributed by atoms with E-state index in [0.29, 0.717) is 10.6 Å². The number of nitrogens with one attached hydrogen (secondary N) is 1. The first-order chi connectivity index (χ1) is 11.7. The van der Waals surface area contributed by atoms with E-state index in [-0.39, 0.29) is 5.91 Å². The van der Waals surface area contributed by atoms with Crippen LogP contribution in [0.5, 0.6) is 0 Å². The van der Waals surface area contributed by atoms with Gasteiger partial charge in [0.1, 0.15) is 0 Å². The molecule has 1 saturated heterocycles. The smallest absolute Gasteiger partial charge is 0.255 e. The Morgan fingerprint density at radius 1 is 1.04 bits per heavy atom. The number of benzene rings is 2. The standard InChI is InChI=1S/C20H21ClN2O/c21-19-11-5-4-10-18(19)20(24)23-15-13-22(14-16-23)12-6-9-17-7-2-1-3-8-17/h1-11H,12-16H2/p+1/b9-6+. The molecule has 0 saturated carbocycles. The van der Waals surface area contributed by atoms with Crippen molar-refractivity contribution in [1.29, 1.82) is 0 Å². The van der Waals surface area contributed by atoms with E-state index < -0.39 is 0 Å². The number of carbonyl (C=O) groups excluding carboxylic acids is 1. The van der Waals surface area contributed by atoms with E-state index in [1.54, 1.807) is 12.1 Å². The Hall–Kier alpha value is -2.10. The molecule has 1 aliphatic rings. The molecule has 2 aromatic carbocycles. The monoisotopic (exact) mass is 341 g/mol.